The Morgan fingerprint density at radius 1 is 1.06 bits per heavy atom. The molecule has 0 aliphatic heterocycles. The molecule has 0 radical (unpaired) electrons. The average molecular weight is 499 g/mol. The number of para-hydroxylation sites is 2. The highest BCUT2D eigenvalue weighted by Crippen LogP contribution is 2.34. The number of nitrogens with zero attached hydrogens (tertiary/aromatic N) is 4. The number of amides is 1. The average Bonchev–Trinajstić information content (AvgIpc) is 3.12. The molecular formula is C25H25F3N6O2. The van der Waals surface area contributed by atoms with Gasteiger partial charge in [-0.15, -0.1) is 0 Å². The number of imidazole rings is 1. The van der Waals surface area contributed by atoms with Gasteiger partial charge >= 0.3 is 12.3 Å². The van der Waals surface area contributed by atoms with Crippen molar-refractivity contribution in [2.24, 2.45) is 0 Å². The van der Waals surface area contributed by atoms with Crippen molar-refractivity contribution < 1.29 is 22.7 Å². The molecule has 0 unspecified atom stereocenters. The van der Waals surface area contributed by atoms with Crippen LogP contribution in [-0.4, -0.2) is 31.2 Å². The summed E-state index contributed by atoms with van der Waals surface area (Å²) in [7, 11) is 0. The standard InChI is InChI=1S/C25H25F3N6O2/c1-15-31-19-7-5-6-8-20(19)34(15)22-14-29-13-21(33-22)32-17-9-10-18(25(26,27)28)16(11-17)12-30-23(35)36-24(2,3)4/h5-11,13-14H,12H2,1-4H3,(H,30,35)(H,32,33). The Kier molecular flexibility index (Phi) is 6.57. The molecule has 36 heavy (non-hydrogen) atoms. The molecule has 4 rings (SSSR count). The first-order valence-electron chi connectivity index (χ1n) is 11.1. The quantitative estimate of drug-likeness (QED) is 0.355. The molecule has 0 bridgehead atoms. The van der Waals surface area contributed by atoms with Gasteiger partial charge in [0.2, 0.25) is 0 Å². The Labute approximate surface area is 205 Å². The van der Waals surface area contributed by atoms with Crippen molar-refractivity contribution in [3.8, 4) is 5.82 Å². The van der Waals surface area contributed by atoms with Crippen molar-refractivity contribution in [1.29, 1.82) is 0 Å². The van der Waals surface area contributed by atoms with Crippen molar-refractivity contribution in [1.82, 2.24) is 24.8 Å². The number of benzene rings is 2. The molecule has 0 aliphatic carbocycles. The normalized spacial score (nSPS) is 12.0. The first-order chi connectivity index (χ1) is 16.9. The molecule has 188 valence electrons. The molecule has 0 spiro atoms. The molecule has 0 aliphatic rings. The number of alkyl halides is 3. The number of hydrogen-bond acceptors (Lipinski definition) is 6. The van der Waals surface area contributed by atoms with Gasteiger partial charge in [0.1, 0.15) is 11.4 Å². The highest BCUT2D eigenvalue weighted by Gasteiger charge is 2.33. The molecule has 11 heteroatoms. The summed E-state index contributed by atoms with van der Waals surface area (Å²) in [4.78, 5) is 25.3. The third-order valence-corrected chi connectivity index (χ3v) is 5.08. The molecule has 0 saturated heterocycles. The predicted octanol–water partition coefficient (Wildman–Crippen LogP) is 5.91. The zero-order chi connectivity index (χ0) is 26.1. The van der Waals surface area contributed by atoms with Crippen LogP contribution >= 0.6 is 0 Å². The van der Waals surface area contributed by atoms with Crippen molar-refractivity contribution in [2.75, 3.05) is 5.32 Å². The molecule has 8 nitrogen and oxygen atoms in total. The fourth-order valence-corrected chi connectivity index (χ4v) is 3.68. The Balaban J connectivity index is 1.61. The monoisotopic (exact) mass is 498 g/mol. The molecule has 0 fully saturated rings. The van der Waals surface area contributed by atoms with Gasteiger partial charge in [0.05, 0.1) is 29.0 Å². The van der Waals surface area contributed by atoms with Gasteiger partial charge in [-0.1, -0.05) is 12.1 Å². The number of nitrogens with one attached hydrogen (secondary N) is 2. The first-order valence-corrected chi connectivity index (χ1v) is 11.1. The van der Waals surface area contributed by atoms with Crippen LogP contribution in [0.4, 0.5) is 29.5 Å². The minimum atomic E-state index is -4.59. The summed E-state index contributed by atoms with van der Waals surface area (Å²) in [5, 5.41) is 5.38. The maximum absolute atomic E-state index is 13.6. The molecule has 2 aromatic heterocycles. The van der Waals surface area contributed by atoms with Crippen LogP contribution in [0.2, 0.25) is 0 Å². The number of fused-ring (bicyclic) bond motifs is 1. The number of alkyl carbamates (subject to hydrolysis) is 1. The number of aryl methyl sites for hydroxylation is 1. The molecule has 0 saturated carbocycles. The van der Waals surface area contributed by atoms with E-state index in [0.717, 1.165) is 17.1 Å². The predicted molar refractivity (Wildman–Crippen MR) is 129 cm³/mol. The zero-order valence-electron chi connectivity index (χ0n) is 20.1. The molecule has 2 heterocycles. The molecule has 2 aromatic carbocycles. The van der Waals surface area contributed by atoms with Crippen molar-refractivity contribution in [3.63, 3.8) is 0 Å². The van der Waals surface area contributed by atoms with Crippen LogP contribution in [0.5, 0.6) is 0 Å². The fourth-order valence-electron chi connectivity index (χ4n) is 3.68. The fraction of sp³-hybridized carbons (Fsp3) is 0.280. The Morgan fingerprint density at radius 3 is 2.53 bits per heavy atom. The number of rotatable bonds is 5. The van der Waals surface area contributed by atoms with Gasteiger partial charge in [-0.05, 0) is 63.6 Å². The zero-order valence-corrected chi connectivity index (χ0v) is 20.1. The number of hydrogen-bond donors (Lipinski definition) is 2. The third kappa shape index (κ3) is 5.73. The summed E-state index contributed by atoms with van der Waals surface area (Å²) in [5.41, 5.74) is 0.251. The maximum atomic E-state index is 13.6. The van der Waals surface area contributed by atoms with Crippen molar-refractivity contribution >= 4 is 28.6 Å². The molecule has 2 N–H and O–H groups in total. The van der Waals surface area contributed by atoms with E-state index in [1.807, 2.05) is 35.8 Å². The summed E-state index contributed by atoms with van der Waals surface area (Å²) >= 11 is 0. The highest BCUT2D eigenvalue weighted by molar-refractivity contribution is 5.77. The van der Waals surface area contributed by atoms with Gasteiger partial charge in [-0.25, -0.2) is 14.8 Å². The van der Waals surface area contributed by atoms with Gasteiger partial charge in [-0.2, -0.15) is 13.2 Å². The Morgan fingerprint density at radius 2 is 1.81 bits per heavy atom. The third-order valence-electron chi connectivity index (χ3n) is 5.08. The van der Waals surface area contributed by atoms with E-state index in [9.17, 15) is 18.0 Å². The molecule has 0 atom stereocenters. The molecule has 1 amide bonds. The van der Waals surface area contributed by atoms with E-state index in [1.54, 1.807) is 27.0 Å². The lowest BCUT2D eigenvalue weighted by Gasteiger charge is -2.20. The minimum Gasteiger partial charge on any atom is -0.444 e. The number of ether oxygens (including phenoxy) is 1. The van der Waals surface area contributed by atoms with Crippen LogP contribution in [0.15, 0.2) is 54.9 Å². The maximum Gasteiger partial charge on any atom is 0.416 e. The lowest BCUT2D eigenvalue weighted by atomic mass is 10.1. The van der Waals surface area contributed by atoms with E-state index in [2.05, 4.69) is 25.6 Å². The Hall–Kier alpha value is -4.15. The number of halogens is 3. The number of aromatic nitrogens is 4. The van der Waals surface area contributed by atoms with E-state index >= 15 is 0 Å². The molecular weight excluding hydrogens is 473 g/mol. The Bertz CT molecular complexity index is 1410. The van der Waals surface area contributed by atoms with Crippen molar-refractivity contribution in [3.05, 3.63) is 71.8 Å². The smallest absolute Gasteiger partial charge is 0.416 e. The van der Waals surface area contributed by atoms with Gasteiger partial charge in [-0.3, -0.25) is 9.55 Å². The largest absolute Gasteiger partial charge is 0.444 e. The van der Waals surface area contributed by atoms with Crippen LogP contribution in [0.1, 0.15) is 37.7 Å². The van der Waals surface area contributed by atoms with Gasteiger partial charge < -0.3 is 15.4 Å². The summed E-state index contributed by atoms with van der Waals surface area (Å²) in [6.07, 6.45) is -2.36. The lowest BCUT2D eigenvalue weighted by molar-refractivity contribution is -0.138. The summed E-state index contributed by atoms with van der Waals surface area (Å²) in [6.45, 7) is 6.48. The van der Waals surface area contributed by atoms with E-state index in [1.165, 1.54) is 18.3 Å². The van der Waals surface area contributed by atoms with Crippen LogP contribution < -0.4 is 10.6 Å². The minimum absolute atomic E-state index is 0.126. The van der Waals surface area contributed by atoms with Gasteiger partial charge in [0, 0.05) is 12.2 Å². The summed E-state index contributed by atoms with van der Waals surface area (Å²) < 4.78 is 47.7. The van der Waals surface area contributed by atoms with E-state index in [0.29, 0.717) is 23.1 Å². The van der Waals surface area contributed by atoms with E-state index < -0.39 is 23.4 Å². The topological polar surface area (TPSA) is 94.0 Å². The summed E-state index contributed by atoms with van der Waals surface area (Å²) in [6, 6.07) is 11.2. The van der Waals surface area contributed by atoms with Crippen molar-refractivity contribution in [2.45, 2.75) is 46.0 Å². The van der Waals surface area contributed by atoms with Crippen LogP contribution in [0, 0.1) is 6.92 Å². The van der Waals surface area contributed by atoms with Gasteiger partial charge in [0.15, 0.2) is 11.6 Å². The van der Waals surface area contributed by atoms with Gasteiger partial charge in [0.25, 0.3) is 0 Å². The molecule has 4 aromatic rings. The first kappa shape index (κ1) is 25.0. The van der Waals surface area contributed by atoms with E-state index in [-0.39, 0.29) is 12.1 Å². The van der Waals surface area contributed by atoms with E-state index in [4.69, 9.17) is 4.74 Å². The lowest BCUT2D eigenvalue weighted by Crippen LogP contribution is -2.32. The second-order valence-corrected chi connectivity index (χ2v) is 9.10. The number of carbonyl (C=O) groups is 1. The SMILES string of the molecule is Cc1nc2ccccc2n1-c1cncc(Nc2ccc(C(F)(F)F)c(CNC(=O)OC(C)(C)C)c2)n1. The number of carbonyl (C=O) groups excluding carboxylic acids is 1. The van der Waals surface area contributed by atoms with Crippen LogP contribution in [0.3, 0.4) is 0 Å². The second kappa shape index (κ2) is 9.48. The second-order valence-electron chi connectivity index (χ2n) is 9.10. The van der Waals surface area contributed by atoms with Crippen LogP contribution in [0.25, 0.3) is 16.9 Å². The summed E-state index contributed by atoms with van der Waals surface area (Å²) in [5.74, 6) is 1.55. The highest BCUT2D eigenvalue weighted by atomic mass is 19.4. The number of anilines is 2. The van der Waals surface area contributed by atoms with Crippen LogP contribution in [-0.2, 0) is 17.5 Å².